The minimum atomic E-state index is -0.811. The standard InChI is InChI=1S/C29H32N2O5/c1-29(2,3)36-28(34)31-25(18-21-10-6-4-7-11-21)26(32)30-19-22-14-16-24(17-15-22)27(33)35-20-23-12-8-5-9-13-23/h4-17,25H,18-20H2,1-3H3,(H,30,32)(H,31,34)/t25-/m0/s1. The van der Waals surface area contributed by atoms with E-state index in [2.05, 4.69) is 10.6 Å². The lowest BCUT2D eigenvalue weighted by Crippen LogP contribution is -2.49. The van der Waals surface area contributed by atoms with Gasteiger partial charge in [-0.2, -0.15) is 0 Å². The molecule has 0 unspecified atom stereocenters. The van der Waals surface area contributed by atoms with Crippen molar-refractivity contribution >= 4 is 18.0 Å². The van der Waals surface area contributed by atoms with Crippen molar-refractivity contribution in [2.75, 3.05) is 0 Å². The summed E-state index contributed by atoms with van der Waals surface area (Å²) >= 11 is 0. The number of amides is 2. The quantitative estimate of drug-likeness (QED) is 0.422. The summed E-state index contributed by atoms with van der Waals surface area (Å²) in [5, 5.41) is 5.53. The molecule has 188 valence electrons. The van der Waals surface area contributed by atoms with Gasteiger partial charge in [0.25, 0.3) is 0 Å². The fourth-order valence-electron chi connectivity index (χ4n) is 3.39. The van der Waals surface area contributed by atoms with Crippen LogP contribution in [0, 0.1) is 0 Å². The molecule has 36 heavy (non-hydrogen) atoms. The highest BCUT2D eigenvalue weighted by Gasteiger charge is 2.24. The first-order chi connectivity index (χ1) is 17.2. The molecule has 0 aliphatic rings. The van der Waals surface area contributed by atoms with Crippen LogP contribution in [0.5, 0.6) is 0 Å². The number of carbonyl (C=O) groups excluding carboxylic acids is 3. The second-order valence-corrected chi connectivity index (χ2v) is 9.36. The summed E-state index contributed by atoms with van der Waals surface area (Å²) < 4.78 is 10.7. The Kier molecular flexibility index (Phi) is 9.22. The molecule has 7 heteroatoms. The van der Waals surface area contributed by atoms with E-state index in [1.165, 1.54) is 0 Å². The van der Waals surface area contributed by atoms with Crippen molar-refractivity contribution in [3.05, 3.63) is 107 Å². The van der Waals surface area contributed by atoms with Crippen molar-refractivity contribution in [1.82, 2.24) is 10.6 Å². The molecule has 0 heterocycles. The first-order valence-electron chi connectivity index (χ1n) is 11.8. The Hall–Kier alpha value is -4.13. The van der Waals surface area contributed by atoms with Gasteiger partial charge >= 0.3 is 12.1 Å². The summed E-state index contributed by atoms with van der Waals surface area (Å²) in [5.41, 5.74) is 2.37. The molecule has 0 aromatic heterocycles. The maximum atomic E-state index is 13.0. The van der Waals surface area contributed by atoms with Gasteiger partial charge in [-0.1, -0.05) is 72.8 Å². The van der Waals surface area contributed by atoms with E-state index in [1.807, 2.05) is 60.7 Å². The number of rotatable bonds is 9. The van der Waals surface area contributed by atoms with Crippen molar-refractivity contribution in [3.8, 4) is 0 Å². The molecule has 3 aromatic carbocycles. The van der Waals surface area contributed by atoms with Crippen LogP contribution in [-0.4, -0.2) is 29.6 Å². The van der Waals surface area contributed by atoms with E-state index in [9.17, 15) is 14.4 Å². The van der Waals surface area contributed by atoms with E-state index >= 15 is 0 Å². The van der Waals surface area contributed by atoms with Crippen molar-refractivity contribution in [3.63, 3.8) is 0 Å². The van der Waals surface area contributed by atoms with E-state index in [0.29, 0.717) is 12.0 Å². The van der Waals surface area contributed by atoms with Crippen LogP contribution in [0.25, 0.3) is 0 Å². The molecule has 7 nitrogen and oxygen atoms in total. The molecule has 0 radical (unpaired) electrons. The van der Waals surface area contributed by atoms with E-state index in [-0.39, 0.29) is 19.1 Å². The molecule has 0 fully saturated rings. The molecule has 2 N–H and O–H groups in total. The van der Waals surface area contributed by atoms with Gasteiger partial charge in [-0.25, -0.2) is 9.59 Å². The van der Waals surface area contributed by atoms with Gasteiger partial charge in [0.1, 0.15) is 18.2 Å². The predicted molar refractivity (Wildman–Crippen MR) is 137 cm³/mol. The van der Waals surface area contributed by atoms with Crippen LogP contribution in [0.1, 0.15) is 47.8 Å². The lowest BCUT2D eigenvalue weighted by atomic mass is 10.1. The largest absolute Gasteiger partial charge is 0.457 e. The summed E-state index contributed by atoms with van der Waals surface area (Å²) in [6, 6.07) is 24.9. The van der Waals surface area contributed by atoms with Crippen LogP contribution >= 0.6 is 0 Å². The smallest absolute Gasteiger partial charge is 0.408 e. The van der Waals surface area contributed by atoms with Gasteiger partial charge in [-0.3, -0.25) is 4.79 Å². The third-order valence-corrected chi connectivity index (χ3v) is 5.16. The van der Waals surface area contributed by atoms with E-state index in [0.717, 1.165) is 16.7 Å². The van der Waals surface area contributed by atoms with Crippen molar-refractivity contribution in [1.29, 1.82) is 0 Å². The monoisotopic (exact) mass is 488 g/mol. The fraction of sp³-hybridized carbons (Fsp3) is 0.276. The third kappa shape index (κ3) is 8.91. The zero-order chi connectivity index (χ0) is 26.0. The molecule has 0 aliphatic heterocycles. The number of hydrogen-bond acceptors (Lipinski definition) is 5. The van der Waals surface area contributed by atoms with Crippen molar-refractivity contribution in [2.24, 2.45) is 0 Å². The SMILES string of the molecule is CC(C)(C)OC(=O)N[C@@H](Cc1ccccc1)C(=O)NCc1ccc(C(=O)OCc2ccccc2)cc1. The summed E-state index contributed by atoms with van der Waals surface area (Å²) in [6.45, 7) is 5.73. The molecule has 3 rings (SSSR count). The van der Waals surface area contributed by atoms with Gasteiger partial charge in [-0.05, 0) is 49.6 Å². The van der Waals surface area contributed by atoms with E-state index < -0.39 is 23.7 Å². The molecule has 0 spiro atoms. The first kappa shape index (κ1) is 26.5. The summed E-state index contributed by atoms with van der Waals surface area (Å²) in [7, 11) is 0. The van der Waals surface area contributed by atoms with E-state index in [1.54, 1.807) is 45.0 Å². The molecule has 0 saturated carbocycles. The van der Waals surface area contributed by atoms with Gasteiger partial charge < -0.3 is 20.1 Å². The third-order valence-electron chi connectivity index (χ3n) is 5.16. The maximum absolute atomic E-state index is 13.0. The summed E-state index contributed by atoms with van der Waals surface area (Å²) in [5.74, 6) is -0.755. The second-order valence-electron chi connectivity index (χ2n) is 9.36. The Morgan fingerprint density at radius 1 is 0.778 bits per heavy atom. The fourth-order valence-corrected chi connectivity index (χ4v) is 3.39. The lowest BCUT2D eigenvalue weighted by Gasteiger charge is -2.23. The minimum absolute atomic E-state index is 0.199. The molecular weight excluding hydrogens is 456 g/mol. The topological polar surface area (TPSA) is 93.7 Å². The average molecular weight is 489 g/mol. The molecule has 1 atom stereocenters. The second kappa shape index (κ2) is 12.5. The number of alkyl carbamates (subject to hydrolysis) is 1. The predicted octanol–water partition coefficient (Wildman–Crippen LogP) is 4.80. The molecule has 2 amide bonds. The Bertz CT molecular complexity index is 1140. The van der Waals surface area contributed by atoms with Gasteiger partial charge in [0.05, 0.1) is 5.56 Å². The number of hydrogen-bond donors (Lipinski definition) is 2. The number of benzene rings is 3. The minimum Gasteiger partial charge on any atom is -0.457 e. The van der Waals surface area contributed by atoms with Crippen LogP contribution in [0.4, 0.5) is 4.79 Å². The van der Waals surface area contributed by atoms with E-state index in [4.69, 9.17) is 9.47 Å². The molecule has 0 aliphatic carbocycles. The molecular formula is C29H32N2O5. The van der Waals surface area contributed by atoms with Crippen molar-refractivity contribution in [2.45, 2.75) is 52.0 Å². The van der Waals surface area contributed by atoms with Crippen LogP contribution < -0.4 is 10.6 Å². The average Bonchev–Trinajstić information content (AvgIpc) is 2.86. The highest BCUT2D eigenvalue weighted by molar-refractivity contribution is 5.89. The normalized spacial score (nSPS) is 11.8. The van der Waals surface area contributed by atoms with Gasteiger partial charge in [0, 0.05) is 13.0 Å². The Morgan fingerprint density at radius 3 is 1.94 bits per heavy atom. The zero-order valence-corrected chi connectivity index (χ0v) is 20.8. The number of carbonyl (C=O) groups is 3. The summed E-state index contributed by atoms with van der Waals surface area (Å²) in [6.07, 6.45) is -0.338. The highest BCUT2D eigenvalue weighted by atomic mass is 16.6. The first-order valence-corrected chi connectivity index (χ1v) is 11.8. The highest BCUT2D eigenvalue weighted by Crippen LogP contribution is 2.11. The number of ether oxygens (including phenoxy) is 2. The van der Waals surface area contributed by atoms with Gasteiger partial charge in [0.2, 0.25) is 5.91 Å². The molecule has 3 aromatic rings. The Labute approximate surface area is 211 Å². The van der Waals surface area contributed by atoms with Crippen LogP contribution in [0.15, 0.2) is 84.9 Å². The van der Waals surface area contributed by atoms with Crippen LogP contribution in [0.3, 0.4) is 0 Å². The summed E-state index contributed by atoms with van der Waals surface area (Å²) in [4.78, 5) is 37.6. The zero-order valence-electron chi connectivity index (χ0n) is 20.8. The lowest BCUT2D eigenvalue weighted by molar-refractivity contribution is -0.123. The number of nitrogens with one attached hydrogen (secondary N) is 2. The Balaban J connectivity index is 1.56. The van der Waals surface area contributed by atoms with Gasteiger partial charge in [0.15, 0.2) is 0 Å². The van der Waals surface area contributed by atoms with Crippen molar-refractivity contribution < 1.29 is 23.9 Å². The maximum Gasteiger partial charge on any atom is 0.408 e. The Morgan fingerprint density at radius 2 is 1.36 bits per heavy atom. The molecule has 0 saturated heterocycles. The van der Waals surface area contributed by atoms with Crippen LogP contribution in [0.2, 0.25) is 0 Å². The van der Waals surface area contributed by atoms with Crippen LogP contribution in [-0.2, 0) is 33.8 Å². The van der Waals surface area contributed by atoms with Gasteiger partial charge in [-0.15, -0.1) is 0 Å². The number of esters is 1. The molecule has 0 bridgehead atoms.